The third-order valence-corrected chi connectivity index (χ3v) is 8.23. The summed E-state index contributed by atoms with van der Waals surface area (Å²) in [6.07, 6.45) is 8.35. The molecule has 3 nitrogen and oxygen atoms in total. The highest BCUT2D eigenvalue weighted by Crippen LogP contribution is 2.25. The maximum atomic E-state index is 6.35. The highest BCUT2D eigenvalue weighted by atomic mass is 35.5. The molecule has 1 unspecified atom stereocenters. The van der Waals surface area contributed by atoms with Crippen molar-refractivity contribution in [3.63, 3.8) is 0 Å². The van der Waals surface area contributed by atoms with Gasteiger partial charge in [-0.25, -0.2) is 0 Å². The van der Waals surface area contributed by atoms with Crippen molar-refractivity contribution in [3.05, 3.63) is 35.4 Å². The Morgan fingerprint density at radius 2 is 1.25 bits per heavy atom. The van der Waals surface area contributed by atoms with Gasteiger partial charge in [0.05, 0.1) is 5.38 Å². The van der Waals surface area contributed by atoms with E-state index in [1.54, 1.807) is 0 Å². The highest BCUT2D eigenvalue weighted by Gasteiger charge is 2.40. The summed E-state index contributed by atoms with van der Waals surface area (Å²) in [6, 6.07) is 9.50. The number of unbranched alkanes of at least 4 members (excludes halogenated alkanes) is 3. The van der Waals surface area contributed by atoms with Gasteiger partial charge >= 0.3 is 8.80 Å². The van der Waals surface area contributed by atoms with Crippen molar-refractivity contribution in [2.75, 3.05) is 19.8 Å². The lowest BCUT2D eigenvalue weighted by molar-refractivity contribution is 0.0564. The van der Waals surface area contributed by atoms with Crippen molar-refractivity contribution < 1.29 is 13.3 Å². The molecule has 1 aromatic rings. The third kappa shape index (κ3) is 9.88. The van der Waals surface area contributed by atoms with Crippen molar-refractivity contribution in [3.8, 4) is 0 Å². The van der Waals surface area contributed by atoms with Gasteiger partial charge in [-0.2, -0.15) is 0 Å². The molecule has 28 heavy (non-hydrogen) atoms. The van der Waals surface area contributed by atoms with Crippen molar-refractivity contribution >= 4 is 20.4 Å². The second kappa shape index (κ2) is 15.4. The quantitative estimate of drug-likeness (QED) is 0.148. The van der Waals surface area contributed by atoms with Crippen molar-refractivity contribution in [2.45, 2.75) is 90.5 Å². The fourth-order valence-electron chi connectivity index (χ4n) is 2.88. The molecule has 0 N–H and O–H groups in total. The minimum absolute atomic E-state index is 0.0923. The predicted molar refractivity (Wildman–Crippen MR) is 122 cm³/mol. The molecule has 162 valence electrons. The molecule has 0 radical (unpaired) electrons. The smallest absolute Gasteiger partial charge is 0.373 e. The van der Waals surface area contributed by atoms with Gasteiger partial charge in [0.1, 0.15) is 0 Å². The monoisotopic (exact) mass is 428 g/mol. The van der Waals surface area contributed by atoms with Crippen LogP contribution in [0.25, 0.3) is 0 Å². The molecule has 0 aromatic heterocycles. The molecular formula is C23H41ClO3Si. The fourth-order valence-corrected chi connectivity index (χ4v) is 5.67. The molecule has 5 heteroatoms. The van der Waals surface area contributed by atoms with E-state index in [9.17, 15) is 0 Å². The Morgan fingerprint density at radius 3 is 1.64 bits per heavy atom. The molecule has 0 heterocycles. The summed E-state index contributed by atoms with van der Waals surface area (Å²) in [4.78, 5) is 0. The molecule has 0 fully saturated rings. The predicted octanol–water partition coefficient (Wildman–Crippen LogP) is 7.31. The van der Waals surface area contributed by atoms with Crippen LogP contribution in [0.5, 0.6) is 0 Å². The maximum absolute atomic E-state index is 6.35. The first-order valence-electron chi connectivity index (χ1n) is 11.3. The number of aryl methyl sites for hydroxylation is 1. The lowest BCUT2D eigenvalue weighted by Crippen LogP contribution is -2.47. The number of hydrogen-bond acceptors (Lipinski definition) is 3. The number of benzene rings is 1. The van der Waals surface area contributed by atoms with Crippen LogP contribution >= 0.6 is 11.6 Å². The van der Waals surface area contributed by atoms with E-state index in [2.05, 4.69) is 52.0 Å². The summed E-state index contributed by atoms with van der Waals surface area (Å²) >= 11 is 6.35. The number of halogens is 1. The van der Waals surface area contributed by atoms with Gasteiger partial charge in [-0.3, -0.25) is 0 Å². The van der Waals surface area contributed by atoms with Crippen LogP contribution in [0.15, 0.2) is 24.3 Å². The molecule has 0 saturated heterocycles. The molecular weight excluding hydrogens is 388 g/mol. The van der Waals surface area contributed by atoms with Gasteiger partial charge in [-0.05, 0) is 43.2 Å². The largest absolute Gasteiger partial charge is 0.501 e. The summed E-state index contributed by atoms with van der Waals surface area (Å²) in [5.41, 5.74) is 2.48. The molecule has 1 atom stereocenters. The van der Waals surface area contributed by atoms with E-state index in [0.29, 0.717) is 0 Å². The molecule has 1 rings (SSSR count). The van der Waals surface area contributed by atoms with Crippen molar-refractivity contribution in [1.29, 1.82) is 0 Å². The van der Waals surface area contributed by atoms with Crippen molar-refractivity contribution in [1.82, 2.24) is 0 Å². The maximum Gasteiger partial charge on any atom is 0.501 e. The first kappa shape index (κ1) is 25.6. The van der Waals surface area contributed by atoms with Gasteiger partial charge in [0, 0.05) is 25.9 Å². The van der Waals surface area contributed by atoms with Crippen LogP contribution in [-0.4, -0.2) is 28.6 Å². The molecule has 0 aliphatic rings. The van der Waals surface area contributed by atoms with Gasteiger partial charge in [-0.1, -0.05) is 71.2 Å². The SMILES string of the molecule is CCCCO[Si](CCc1ccc(C(Cl)CC)cc1)(OCCCC)OCCCC. The Kier molecular flexibility index (Phi) is 14.1. The van der Waals surface area contributed by atoms with E-state index in [0.717, 1.165) is 77.2 Å². The van der Waals surface area contributed by atoms with Gasteiger partial charge in [0.2, 0.25) is 0 Å². The molecule has 0 aliphatic carbocycles. The first-order valence-corrected chi connectivity index (χ1v) is 13.6. The molecule has 1 aromatic carbocycles. The van der Waals surface area contributed by atoms with Crippen LogP contribution in [0.4, 0.5) is 0 Å². The zero-order valence-corrected chi connectivity index (χ0v) is 20.2. The molecule has 0 bridgehead atoms. The zero-order valence-electron chi connectivity index (χ0n) is 18.5. The van der Waals surface area contributed by atoms with Gasteiger partial charge in [0.15, 0.2) is 0 Å². The van der Waals surface area contributed by atoms with Crippen LogP contribution in [0.3, 0.4) is 0 Å². The molecule has 0 aliphatic heterocycles. The standard InChI is InChI=1S/C23H41ClO3Si/c1-5-9-17-25-28(26-18-10-6-2,27-19-11-7-3)20-16-21-12-14-22(15-13-21)23(24)8-4/h12-15,23H,5-11,16-20H2,1-4H3. The Morgan fingerprint density at radius 1 is 0.786 bits per heavy atom. The number of hydrogen-bond donors (Lipinski definition) is 0. The summed E-state index contributed by atoms with van der Waals surface area (Å²) in [6.45, 7) is 10.8. The highest BCUT2D eigenvalue weighted by molar-refractivity contribution is 6.60. The molecule has 0 saturated carbocycles. The Hall–Kier alpha value is -0.393. The average molecular weight is 429 g/mol. The lowest BCUT2D eigenvalue weighted by Gasteiger charge is -2.30. The number of alkyl halides is 1. The van der Waals surface area contributed by atoms with Gasteiger partial charge < -0.3 is 13.3 Å². The summed E-state index contributed by atoms with van der Waals surface area (Å²) in [5.74, 6) is 0. The van der Waals surface area contributed by atoms with E-state index in [1.165, 1.54) is 11.1 Å². The average Bonchev–Trinajstić information content (AvgIpc) is 2.72. The Labute approximate surface area is 179 Å². The van der Waals surface area contributed by atoms with E-state index < -0.39 is 8.80 Å². The van der Waals surface area contributed by atoms with Crippen LogP contribution in [0.1, 0.15) is 89.1 Å². The molecule has 0 amide bonds. The summed E-state index contributed by atoms with van der Waals surface area (Å²) in [5, 5.41) is 0.0923. The van der Waals surface area contributed by atoms with Crippen LogP contribution in [0, 0.1) is 0 Å². The van der Waals surface area contributed by atoms with Crippen molar-refractivity contribution in [2.24, 2.45) is 0 Å². The normalized spacial score (nSPS) is 13.0. The minimum Gasteiger partial charge on any atom is -0.373 e. The number of rotatable bonds is 17. The zero-order chi connectivity index (χ0) is 20.7. The van der Waals surface area contributed by atoms with Gasteiger partial charge in [0.25, 0.3) is 0 Å². The second-order valence-corrected chi connectivity index (χ2v) is 10.7. The third-order valence-electron chi connectivity index (χ3n) is 4.88. The van der Waals surface area contributed by atoms with Crippen LogP contribution in [-0.2, 0) is 19.7 Å². The fraction of sp³-hybridized carbons (Fsp3) is 0.739. The summed E-state index contributed by atoms with van der Waals surface area (Å²) < 4.78 is 19.0. The molecule has 0 spiro atoms. The Bertz CT molecular complexity index is 469. The summed E-state index contributed by atoms with van der Waals surface area (Å²) in [7, 11) is -2.66. The minimum atomic E-state index is -2.66. The van der Waals surface area contributed by atoms with E-state index in [1.807, 2.05) is 0 Å². The Balaban J connectivity index is 2.80. The van der Waals surface area contributed by atoms with E-state index in [-0.39, 0.29) is 5.38 Å². The first-order chi connectivity index (χ1) is 13.6. The second-order valence-electron chi connectivity index (χ2n) is 7.41. The van der Waals surface area contributed by atoms with Gasteiger partial charge in [-0.15, -0.1) is 11.6 Å². The topological polar surface area (TPSA) is 27.7 Å². The van der Waals surface area contributed by atoms with E-state index in [4.69, 9.17) is 24.9 Å². The van der Waals surface area contributed by atoms with Crippen LogP contribution in [0.2, 0.25) is 6.04 Å². The van der Waals surface area contributed by atoms with Crippen LogP contribution < -0.4 is 0 Å². The lowest BCUT2D eigenvalue weighted by atomic mass is 10.1. The van der Waals surface area contributed by atoms with E-state index >= 15 is 0 Å².